The summed E-state index contributed by atoms with van der Waals surface area (Å²) in [5.41, 5.74) is 3.30. The summed E-state index contributed by atoms with van der Waals surface area (Å²) in [6.45, 7) is 9.66. The van der Waals surface area contributed by atoms with Crippen molar-refractivity contribution in [3.63, 3.8) is 0 Å². The molecule has 0 saturated heterocycles. The number of ether oxygens (including phenoxy) is 1. The molecule has 0 fully saturated rings. The Morgan fingerprint density at radius 2 is 2.20 bits per heavy atom. The van der Waals surface area contributed by atoms with Gasteiger partial charge in [0.05, 0.1) is 0 Å². The number of furan rings is 1. The van der Waals surface area contributed by atoms with Crippen molar-refractivity contribution < 1.29 is 13.9 Å². The Balaban J connectivity index is 2.13. The van der Waals surface area contributed by atoms with Crippen molar-refractivity contribution >= 4 is 37.0 Å². The third kappa shape index (κ3) is 3.17. The summed E-state index contributed by atoms with van der Waals surface area (Å²) in [5, 5.41) is 10.3. The van der Waals surface area contributed by atoms with Crippen molar-refractivity contribution in [2.45, 2.75) is 20.8 Å². The van der Waals surface area contributed by atoms with Gasteiger partial charge < -0.3 is 0 Å². The van der Waals surface area contributed by atoms with Crippen LogP contribution < -0.4 is 0 Å². The summed E-state index contributed by atoms with van der Waals surface area (Å²) in [4.78, 5) is 16.6. The fourth-order valence-corrected chi connectivity index (χ4v) is 4.46. The molecule has 6 heteroatoms. The zero-order valence-corrected chi connectivity index (χ0v) is 15.9. The number of nitrogens with zero attached hydrogens (tertiary/aromatic N) is 2. The van der Waals surface area contributed by atoms with Crippen LogP contribution in [0.4, 0.5) is 0 Å². The van der Waals surface area contributed by atoms with Gasteiger partial charge in [0.15, 0.2) is 0 Å². The number of aryl methyl sites for hydroxylation is 1. The fourth-order valence-electron chi connectivity index (χ4n) is 2.48. The molecule has 0 bridgehead atoms. The van der Waals surface area contributed by atoms with Crippen LogP contribution in [0.15, 0.2) is 29.2 Å². The van der Waals surface area contributed by atoms with Gasteiger partial charge in [0.2, 0.25) is 0 Å². The van der Waals surface area contributed by atoms with Crippen LogP contribution in [0, 0.1) is 18.3 Å². The Labute approximate surface area is 151 Å². The molecular formula is C19H16N2O3Se. The Morgan fingerprint density at radius 3 is 2.84 bits per heavy atom. The van der Waals surface area contributed by atoms with Gasteiger partial charge in [-0.2, -0.15) is 0 Å². The molecule has 0 spiro atoms. The molecule has 3 aromatic rings. The number of fused-ring (bicyclic) bond motifs is 1. The molecule has 0 amide bonds. The number of carbonyl (C=O) groups is 1. The third-order valence-electron chi connectivity index (χ3n) is 3.66. The summed E-state index contributed by atoms with van der Waals surface area (Å²) in [7, 11) is 0. The van der Waals surface area contributed by atoms with E-state index in [9.17, 15) is 10.1 Å². The second-order valence-corrected chi connectivity index (χ2v) is 7.70. The van der Waals surface area contributed by atoms with Gasteiger partial charge in [0.1, 0.15) is 0 Å². The average molecular weight is 399 g/mol. The summed E-state index contributed by atoms with van der Waals surface area (Å²) < 4.78 is 12.3. The van der Waals surface area contributed by atoms with E-state index in [2.05, 4.69) is 17.6 Å². The van der Waals surface area contributed by atoms with Gasteiger partial charge in [-0.15, -0.1) is 0 Å². The molecule has 2 heterocycles. The van der Waals surface area contributed by atoms with E-state index >= 15 is 0 Å². The molecule has 0 aliphatic heterocycles. The Bertz CT molecular complexity index is 1040. The number of rotatable bonds is 4. The fraction of sp³-hybridized carbons (Fsp3) is 0.211. The zero-order chi connectivity index (χ0) is 18.1. The van der Waals surface area contributed by atoms with Gasteiger partial charge in [0, 0.05) is 0 Å². The quantitative estimate of drug-likeness (QED) is 0.491. The summed E-state index contributed by atoms with van der Waals surface area (Å²) in [5.74, 6) is 0.345. The number of carbonyl (C=O) groups excluding carboxylic acids is 1. The third-order valence-corrected chi connectivity index (χ3v) is 6.15. The number of nitriles is 1. The number of esters is 1. The predicted molar refractivity (Wildman–Crippen MR) is 96.5 cm³/mol. The first-order valence-electron chi connectivity index (χ1n) is 7.73. The SMILES string of the molecule is C=C(C)c1cc2cc(-c3nc(C)c(C(=O)OCC)[se]3)cc(C#N)c2o1. The van der Waals surface area contributed by atoms with Crippen LogP contribution in [-0.2, 0) is 4.74 Å². The number of allylic oxidation sites excluding steroid dienone is 1. The molecule has 2 aromatic heterocycles. The van der Waals surface area contributed by atoms with Gasteiger partial charge in [-0.25, -0.2) is 0 Å². The van der Waals surface area contributed by atoms with E-state index < -0.39 is 0 Å². The van der Waals surface area contributed by atoms with E-state index in [-0.39, 0.29) is 20.5 Å². The molecular weight excluding hydrogens is 383 g/mol. The average Bonchev–Trinajstić information content (AvgIpc) is 3.17. The molecule has 0 saturated carbocycles. The van der Waals surface area contributed by atoms with Crippen LogP contribution >= 0.6 is 0 Å². The van der Waals surface area contributed by atoms with Gasteiger partial charge in [-0.1, -0.05) is 0 Å². The van der Waals surface area contributed by atoms with Gasteiger partial charge in [0.25, 0.3) is 0 Å². The molecule has 0 aliphatic carbocycles. The molecule has 5 nitrogen and oxygen atoms in total. The molecule has 0 N–H and O–H groups in total. The zero-order valence-electron chi connectivity index (χ0n) is 14.2. The number of benzene rings is 1. The first kappa shape index (κ1) is 17.2. The molecule has 0 atom stereocenters. The van der Waals surface area contributed by atoms with Crippen LogP contribution in [0.5, 0.6) is 0 Å². The van der Waals surface area contributed by atoms with Crippen molar-refractivity contribution in [1.82, 2.24) is 4.98 Å². The van der Waals surface area contributed by atoms with Crippen molar-refractivity contribution in [2.75, 3.05) is 6.61 Å². The molecule has 1 aromatic carbocycles. The Hall–Kier alpha value is -2.61. The van der Waals surface area contributed by atoms with Crippen molar-refractivity contribution in [1.29, 1.82) is 5.26 Å². The van der Waals surface area contributed by atoms with E-state index in [0.29, 0.717) is 33.6 Å². The van der Waals surface area contributed by atoms with Crippen molar-refractivity contribution in [2.24, 2.45) is 0 Å². The summed E-state index contributed by atoms with van der Waals surface area (Å²) >= 11 is -0.252. The normalized spacial score (nSPS) is 10.6. The van der Waals surface area contributed by atoms with Crippen LogP contribution in [-0.4, -0.2) is 32.1 Å². The molecule has 0 unspecified atom stereocenters. The second kappa shape index (κ2) is 6.72. The number of hydrogen-bond donors (Lipinski definition) is 0. The molecule has 0 aliphatic rings. The van der Waals surface area contributed by atoms with Crippen LogP contribution in [0.2, 0.25) is 0 Å². The van der Waals surface area contributed by atoms with E-state index in [1.807, 2.05) is 26.0 Å². The predicted octanol–water partition coefficient (Wildman–Crippen LogP) is 3.94. The van der Waals surface area contributed by atoms with E-state index in [4.69, 9.17) is 9.15 Å². The molecule has 0 radical (unpaired) electrons. The minimum absolute atomic E-state index is 0.252. The van der Waals surface area contributed by atoms with Gasteiger partial charge in [-0.05, 0) is 0 Å². The van der Waals surface area contributed by atoms with Gasteiger partial charge >= 0.3 is 151 Å². The second-order valence-electron chi connectivity index (χ2n) is 5.60. The maximum atomic E-state index is 12.0. The standard InChI is InChI=1S/C19H16N2O3Se/c1-5-23-19(22)17-11(4)21-18(25-17)13-6-12-8-15(10(2)3)24-16(12)14(7-13)9-20/h6-8H,2,5H2,1,3-4H3. The number of hydrogen-bond acceptors (Lipinski definition) is 5. The monoisotopic (exact) mass is 400 g/mol. The Morgan fingerprint density at radius 1 is 1.44 bits per heavy atom. The first-order chi connectivity index (χ1) is 11.9. The summed E-state index contributed by atoms with van der Waals surface area (Å²) in [6, 6.07) is 7.75. The minimum atomic E-state index is -0.312. The first-order valence-corrected chi connectivity index (χ1v) is 9.44. The summed E-state index contributed by atoms with van der Waals surface area (Å²) in [6.07, 6.45) is 0. The van der Waals surface area contributed by atoms with Crippen LogP contribution in [0.25, 0.3) is 26.7 Å². The Kier molecular flexibility index (Phi) is 4.63. The molecule has 126 valence electrons. The molecule has 25 heavy (non-hydrogen) atoms. The van der Waals surface area contributed by atoms with Crippen LogP contribution in [0.1, 0.15) is 40.1 Å². The van der Waals surface area contributed by atoms with Crippen molar-refractivity contribution in [3.8, 4) is 16.2 Å². The topological polar surface area (TPSA) is 76.1 Å². The van der Waals surface area contributed by atoms with Gasteiger partial charge in [-0.3, -0.25) is 0 Å². The van der Waals surface area contributed by atoms with E-state index in [1.165, 1.54) is 0 Å². The molecule has 3 rings (SSSR count). The van der Waals surface area contributed by atoms with E-state index in [0.717, 1.165) is 21.1 Å². The maximum absolute atomic E-state index is 12.0. The van der Waals surface area contributed by atoms with Crippen molar-refractivity contribution in [3.05, 3.63) is 46.2 Å². The van der Waals surface area contributed by atoms with E-state index in [1.54, 1.807) is 13.0 Å². The van der Waals surface area contributed by atoms with Crippen LogP contribution in [0.3, 0.4) is 0 Å². The number of aromatic nitrogens is 1.